The fraction of sp³-hybridized carbons (Fsp3) is 0.421. The maximum absolute atomic E-state index is 13.1. The predicted octanol–water partition coefficient (Wildman–Crippen LogP) is 1.66. The van der Waals surface area contributed by atoms with Crippen molar-refractivity contribution in [2.75, 3.05) is 31.1 Å². The lowest BCUT2D eigenvalue weighted by Gasteiger charge is -2.38. The van der Waals surface area contributed by atoms with Crippen LogP contribution in [0.15, 0.2) is 29.4 Å². The first kappa shape index (κ1) is 18.8. The molecule has 0 bridgehead atoms. The summed E-state index contributed by atoms with van der Waals surface area (Å²) in [5.74, 6) is 0.545. The summed E-state index contributed by atoms with van der Waals surface area (Å²) in [5, 5.41) is 0.251. The van der Waals surface area contributed by atoms with E-state index in [4.69, 9.17) is 16.3 Å². The van der Waals surface area contributed by atoms with Gasteiger partial charge in [0.1, 0.15) is 0 Å². The molecule has 0 atom stereocenters. The van der Waals surface area contributed by atoms with E-state index in [2.05, 4.69) is 9.97 Å². The summed E-state index contributed by atoms with van der Waals surface area (Å²) in [6.07, 6.45) is 4.63. The molecule has 152 valence electrons. The van der Waals surface area contributed by atoms with E-state index in [0.717, 1.165) is 16.8 Å². The molecule has 10 heteroatoms. The van der Waals surface area contributed by atoms with E-state index in [1.165, 1.54) is 16.7 Å². The van der Waals surface area contributed by atoms with Crippen molar-refractivity contribution >= 4 is 33.2 Å². The highest BCUT2D eigenvalue weighted by Gasteiger charge is 2.39. The number of amides is 1. The summed E-state index contributed by atoms with van der Waals surface area (Å²) >= 11 is 5.78. The normalized spacial score (nSPS) is 19.2. The van der Waals surface area contributed by atoms with Gasteiger partial charge in [0.15, 0.2) is 5.15 Å². The average Bonchev–Trinajstić information content (AvgIpc) is 3.09. The van der Waals surface area contributed by atoms with Gasteiger partial charge in [-0.3, -0.25) is 9.78 Å². The number of carbonyl (C=O) groups is 1. The molecule has 1 aromatic heterocycles. The Morgan fingerprint density at radius 3 is 2.66 bits per heavy atom. The molecule has 5 rings (SSSR count). The van der Waals surface area contributed by atoms with Crippen LogP contribution >= 0.6 is 11.6 Å². The highest BCUT2D eigenvalue weighted by Crippen LogP contribution is 2.39. The molecule has 0 saturated carbocycles. The standard InChI is InChI=1S/C19H19ClN4O4S/c20-16-7-21-8-17(22-16)28-11-12-9-23(10-12)29(26,27)15-5-13-1-2-18(25)24-4-3-14(6-15)19(13)24/h5-8,12H,1-4,9-11H2. The van der Waals surface area contributed by atoms with Gasteiger partial charge in [-0.25, -0.2) is 8.42 Å². The molecule has 1 aromatic carbocycles. The lowest BCUT2D eigenvalue weighted by molar-refractivity contribution is -0.118. The van der Waals surface area contributed by atoms with Crippen molar-refractivity contribution in [3.8, 4) is 5.88 Å². The van der Waals surface area contributed by atoms with Gasteiger partial charge in [-0.1, -0.05) is 11.6 Å². The molecular formula is C19H19ClN4O4S. The van der Waals surface area contributed by atoms with Crippen LogP contribution in [-0.4, -0.2) is 54.8 Å². The van der Waals surface area contributed by atoms with Crippen molar-refractivity contribution in [1.82, 2.24) is 14.3 Å². The first-order valence-electron chi connectivity index (χ1n) is 9.48. The number of hydrogen-bond acceptors (Lipinski definition) is 6. The topological polar surface area (TPSA) is 92.7 Å². The second-order valence-corrected chi connectivity index (χ2v) is 9.89. The number of hydrogen-bond donors (Lipinski definition) is 0. The van der Waals surface area contributed by atoms with Gasteiger partial charge < -0.3 is 9.64 Å². The van der Waals surface area contributed by atoms with Crippen molar-refractivity contribution in [3.05, 3.63) is 40.8 Å². The van der Waals surface area contributed by atoms with E-state index in [1.54, 1.807) is 17.0 Å². The van der Waals surface area contributed by atoms with Crippen LogP contribution in [-0.2, 0) is 27.7 Å². The van der Waals surface area contributed by atoms with Gasteiger partial charge in [-0.15, -0.1) is 0 Å². The molecule has 0 spiro atoms. The number of aromatic nitrogens is 2. The number of aryl methyl sites for hydroxylation is 1. The molecule has 0 radical (unpaired) electrons. The minimum atomic E-state index is -3.56. The Labute approximate surface area is 173 Å². The van der Waals surface area contributed by atoms with Crippen molar-refractivity contribution in [2.24, 2.45) is 5.92 Å². The zero-order valence-corrected chi connectivity index (χ0v) is 17.1. The molecule has 1 fully saturated rings. The number of rotatable bonds is 5. The van der Waals surface area contributed by atoms with E-state index >= 15 is 0 Å². The summed E-state index contributed by atoms with van der Waals surface area (Å²) in [6, 6.07) is 3.47. The maximum atomic E-state index is 13.1. The molecule has 4 heterocycles. The molecule has 0 N–H and O–H groups in total. The number of sulfonamides is 1. The Morgan fingerprint density at radius 2 is 1.90 bits per heavy atom. The number of benzene rings is 1. The van der Waals surface area contributed by atoms with Crippen LogP contribution in [0.25, 0.3) is 0 Å². The third-order valence-electron chi connectivity index (χ3n) is 5.64. The minimum Gasteiger partial charge on any atom is -0.476 e. The summed E-state index contributed by atoms with van der Waals surface area (Å²) in [4.78, 5) is 22.1. The smallest absolute Gasteiger partial charge is 0.243 e. The fourth-order valence-electron chi connectivity index (χ4n) is 4.15. The fourth-order valence-corrected chi connectivity index (χ4v) is 5.98. The molecule has 0 unspecified atom stereocenters. The third kappa shape index (κ3) is 3.27. The molecular weight excluding hydrogens is 416 g/mol. The van der Waals surface area contributed by atoms with Crippen LogP contribution in [0.4, 0.5) is 5.69 Å². The molecule has 1 saturated heterocycles. The zero-order chi connectivity index (χ0) is 20.2. The first-order chi connectivity index (χ1) is 13.9. The molecule has 0 aliphatic carbocycles. The van der Waals surface area contributed by atoms with Gasteiger partial charge in [-0.2, -0.15) is 9.29 Å². The Morgan fingerprint density at radius 1 is 1.14 bits per heavy atom. The third-order valence-corrected chi connectivity index (χ3v) is 7.63. The number of anilines is 1. The van der Waals surface area contributed by atoms with E-state index < -0.39 is 10.0 Å². The maximum Gasteiger partial charge on any atom is 0.243 e. The van der Waals surface area contributed by atoms with Gasteiger partial charge in [0.05, 0.1) is 29.6 Å². The summed E-state index contributed by atoms with van der Waals surface area (Å²) < 4.78 is 33.2. The molecule has 29 heavy (non-hydrogen) atoms. The molecule has 3 aliphatic rings. The predicted molar refractivity (Wildman–Crippen MR) is 106 cm³/mol. The second kappa shape index (κ2) is 6.93. The van der Waals surface area contributed by atoms with Gasteiger partial charge in [0.2, 0.25) is 21.8 Å². The monoisotopic (exact) mass is 434 g/mol. The van der Waals surface area contributed by atoms with Crippen LogP contribution in [0.3, 0.4) is 0 Å². The molecule has 2 aromatic rings. The van der Waals surface area contributed by atoms with Crippen LogP contribution < -0.4 is 9.64 Å². The highest BCUT2D eigenvalue weighted by molar-refractivity contribution is 7.89. The van der Waals surface area contributed by atoms with Crippen molar-refractivity contribution in [1.29, 1.82) is 0 Å². The Hall–Kier alpha value is -2.23. The highest BCUT2D eigenvalue weighted by atomic mass is 35.5. The number of carbonyl (C=O) groups excluding carboxylic acids is 1. The van der Waals surface area contributed by atoms with Crippen LogP contribution in [0.5, 0.6) is 5.88 Å². The average molecular weight is 435 g/mol. The number of halogens is 1. The quantitative estimate of drug-likeness (QED) is 0.710. The minimum absolute atomic E-state index is 0.0893. The van der Waals surface area contributed by atoms with E-state index in [-0.39, 0.29) is 17.0 Å². The molecule has 3 aliphatic heterocycles. The Kier molecular flexibility index (Phi) is 4.49. The second-order valence-electron chi connectivity index (χ2n) is 7.56. The Balaban J connectivity index is 1.28. The zero-order valence-electron chi connectivity index (χ0n) is 15.5. The first-order valence-corrected chi connectivity index (χ1v) is 11.3. The van der Waals surface area contributed by atoms with Crippen LogP contribution in [0, 0.1) is 5.92 Å². The SMILES string of the molecule is O=C1CCc2cc(S(=O)(=O)N3CC(COc4cncc(Cl)n4)C3)cc3c2N1CC3. The summed E-state index contributed by atoms with van der Waals surface area (Å²) in [6.45, 7) is 1.79. The molecule has 8 nitrogen and oxygen atoms in total. The lowest BCUT2D eigenvalue weighted by atomic mass is 10.00. The summed E-state index contributed by atoms with van der Waals surface area (Å²) in [5.41, 5.74) is 2.84. The van der Waals surface area contributed by atoms with Crippen LogP contribution in [0.2, 0.25) is 5.15 Å². The van der Waals surface area contributed by atoms with Crippen molar-refractivity contribution in [3.63, 3.8) is 0 Å². The van der Waals surface area contributed by atoms with Gasteiger partial charge >= 0.3 is 0 Å². The van der Waals surface area contributed by atoms with Crippen molar-refractivity contribution < 1.29 is 17.9 Å². The van der Waals surface area contributed by atoms with Crippen molar-refractivity contribution in [2.45, 2.75) is 24.2 Å². The van der Waals surface area contributed by atoms with E-state index in [0.29, 0.717) is 56.3 Å². The number of ether oxygens (including phenoxy) is 1. The molecule has 1 amide bonds. The number of nitrogens with zero attached hydrogens (tertiary/aromatic N) is 4. The lowest BCUT2D eigenvalue weighted by Crippen LogP contribution is -2.51. The van der Waals surface area contributed by atoms with Gasteiger partial charge in [-0.05, 0) is 36.1 Å². The van der Waals surface area contributed by atoms with Gasteiger partial charge in [0, 0.05) is 32.0 Å². The largest absolute Gasteiger partial charge is 0.476 e. The van der Waals surface area contributed by atoms with Gasteiger partial charge in [0.25, 0.3) is 0 Å². The van der Waals surface area contributed by atoms with E-state index in [9.17, 15) is 13.2 Å². The summed E-state index contributed by atoms with van der Waals surface area (Å²) in [7, 11) is -3.56. The van der Waals surface area contributed by atoms with Crippen LogP contribution in [0.1, 0.15) is 17.5 Å². The Bertz CT molecular complexity index is 1100. The van der Waals surface area contributed by atoms with E-state index in [1.807, 2.05) is 0 Å².